The van der Waals surface area contributed by atoms with Crippen molar-refractivity contribution in [3.63, 3.8) is 0 Å². The van der Waals surface area contributed by atoms with Gasteiger partial charge in [0.25, 0.3) is 0 Å². The fraction of sp³-hybridized carbons (Fsp3) is 0.250. The molecule has 1 aromatic rings. The van der Waals surface area contributed by atoms with Crippen LogP contribution in [0.5, 0.6) is 0 Å². The van der Waals surface area contributed by atoms with Crippen molar-refractivity contribution >= 4 is 0 Å². The van der Waals surface area contributed by atoms with Crippen LogP contribution in [0.2, 0.25) is 0 Å². The van der Waals surface area contributed by atoms with Crippen molar-refractivity contribution in [1.82, 2.24) is 4.98 Å². The molecule has 13 heavy (non-hydrogen) atoms. The van der Waals surface area contributed by atoms with Gasteiger partial charge in [0.05, 0.1) is 5.56 Å². The second kappa shape index (κ2) is 3.05. The number of rotatable bonds is 0. The molecule has 0 atom stereocenters. The molecule has 0 saturated carbocycles. The van der Waals surface area contributed by atoms with E-state index in [4.69, 9.17) is 5.26 Å². The minimum atomic E-state index is -4.45. The van der Waals surface area contributed by atoms with Gasteiger partial charge in [-0.25, -0.2) is 0 Å². The molecule has 1 rings (SSSR count). The molecule has 0 N–H and O–H groups in total. The average molecular weight is 186 g/mol. The highest BCUT2D eigenvalue weighted by molar-refractivity contribution is 5.35. The summed E-state index contributed by atoms with van der Waals surface area (Å²) in [6, 6.07) is 2.60. The van der Waals surface area contributed by atoms with Crippen molar-refractivity contribution in [1.29, 1.82) is 5.26 Å². The molecule has 0 unspecified atom stereocenters. The Hall–Kier alpha value is -1.57. The van der Waals surface area contributed by atoms with Gasteiger partial charge in [0.1, 0.15) is 11.8 Å². The molecular formula is C8H5F3N2. The number of nitriles is 1. The van der Waals surface area contributed by atoms with E-state index < -0.39 is 11.9 Å². The van der Waals surface area contributed by atoms with Crippen LogP contribution in [0, 0.1) is 18.3 Å². The Morgan fingerprint density at radius 1 is 1.46 bits per heavy atom. The van der Waals surface area contributed by atoms with Gasteiger partial charge in [0.15, 0.2) is 0 Å². The van der Waals surface area contributed by atoms with Crippen LogP contribution in [0.3, 0.4) is 0 Å². The van der Waals surface area contributed by atoms with Gasteiger partial charge in [0, 0.05) is 6.20 Å². The average Bonchev–Trinajstić information content (AvgIpc) is 2.02. The third-order valence-electron chi connectivity index (χ3n) is 1.52. The van der Waals surface area contributed by atoms with Crippen LogP contribution in [-0.4, -0.2) is 4.98 Å². The third kappa shape index (κ3) is 1.96. The first-order chi connectivity index (χ1) is 5.95. The number of halogens is 3. The first-order valence-corrected chi connectivity index (χ1v) is 3.39. The van der Waals surface area contributed by atoms with Crippen molar-refractivity contribution in [3.05, 3.63) is 29.1 Å². The van der Waals surface area contributed by atoms with Gasteiger partial charge in [-0.05, 0) is 18.6 Å². The third-order valence-corrected chi connectivity index (χ3v) is 1.52. The lowest BCUT2D eigenvalue weighted by Gasteiger charge is -2.06. The topological polar surface area (TPSA) is 36.7 Å². The Labute approximate surface area is 72.6 Å². The van der Waals surface area contributed by atoms with Gasteiger partial charge in [-0.15, -0.1) is 0 Å². The van der Waals surface area contributed by atoms with Crippen LogP contribution in [0.4, 0.5) is 13.2 Å². The summed E-state index contributed by atoms with van der Waals surface area (Å²) in [6.07, 6.45) is -3.52. The molecule has 0 aliphatic rings. The summed E-state index contributed by atoms with van der Waals surface area (Å²) < 4.78 is 36.2. The lowest BCUT2D eigenvalue weighted by molar-refractivity contribution is -0.141. The molecule has 0 bridgehead atoms. The number of aromatic nitrogens is 1. The van der Waals surface area contributed by atoms with E-state index in [-0.39, 0.29) is 11.1 Å². The van der Waals surface area contributed by atoms with Crippen LogP contribution in [0.15, 0.2) is 12.3 Å². The SMILES string of the molecule is Cc1cc(C(F)(F)F)ncc1C#N. The van der Waals surface area contributed by atoms with E-state index in [2.05, 4.69) is 4.98 Å². The Bertz CT molecular complexity index is 363. The second-order valence-corrected chi connectivity index (χ2v) is 2.49. The molecule has 1 heterocycles. The molecule has 0 aromatic carbocycles. The van der Waals surface area contributed by atoms with Crippen molar-refractivity contribution in [2.24, 2.45) is 0 Å². The largest absolute Gasteiger partial charge is 0.433 e. The molecule has 0 amide bonds. The summed E-state index contributed by atoms with van der Waals surface area (Å²) in [6.45, 7) is 1.44. The van der Waals surface area contributed by atoms with Crippen LogP contribution in [0.25, 0.3) is 0 Å². The zero-order valence-corrected chi connectivity index (χ0v) is 6.68. The number of hydrogen-bond donors (Lipinski definition) is 0. The van der Waals surface area contributed by atoms with Crippen LogP contribution in [-0.2, 0) is 6.18 Å². The van der Waals surface area contributed by atoms with Crippen molar-refractivity contribution in [3.8, 4) is 6.07 Å². The standard InChI is InChI=1S/C8H5F3N2/c1-5-2-7(8(9,10)11)13-4-6(5)3-12/h2,4H,1H3. The predicted octanol–water partition coefficient (Wildman–Crippen LogP) is 2.28. The maximum atomic E-state index is 12.1. The predicted molar refractivity (Wildman–Crippen MR) is 38.7 cm³/mol. The fourth-order valence-electron chi connectivity index (χ4n) is 0.828. The minimum absolute atomic E-state index is 0.160. The Morgan fingerprint density at radius 3 is 2.46 bits per heavy atom. The lowest BCUT2D eigenvalue weighted by atomic mass is 10.1. The van der Waals surface area contributed by atoms with Gasteiger partial charge in [-0.1, -0.05) is 0 Å². The second-order valence-electron chi connectivity index (χ2n) is 2.49. The zero-order valence-electron chi connectivity index (χ0n) is 6.68. The van der Waals surface area contributed by atoms with E-state index in [0.29, 0.717) is 0 Å². The number of alkyl halides is 3. The highest BCUT2D eigenvalue weighted by Gasteiger charge is 2.32. The van der Waals surface area contributed by atoms with Gasteiger partial charge >= 0.3 is 6.18 Å². The Balaban J connectivity index is 3.20. The molecule has 1 aromatic heterocycles. The summed E-state index contributed by atoms with van der Waals surface area (Å²) >= 11 is 0. The van der Waals surface area contributed by atoms with E-state index in [1.54, 1.807) is 6.07 Å². The number of aryl methyl sites for hydroxylation is 1. The molecule has 0 fully saturated rings. The summed E-state index contributed by atoms with van der Waals surface area (Å²) in [5, 5.41) is 8.44. The monoisotopic (exact) mass is 186 g/mol. The molecule has 0 aliphatic heterocycles. The molecule has 2 nitrogen and oxygen atoms in total. The van der Waals surface area contributed by atoms with Crippen molar-refractivity contribution in [2.75, 3.05) is 0 Å². The van der Waals surface area contributed by atoms with Crippen LogP contribution in [0.1, 0.15) is 16.8 Å². The molecule has 0 aliphatic carbocycles. The summed E-state index contributed by atoms with van der Waals surface area (Å²) in [4.78, 5) is 3.13. The number of pyridine rings is 1. The lowest BCUT2D eigenvalue weighted by Crippen LogP contribution is -2.08. The Kier molecular flexibility index (Phi) is 2.24. The minimum Gasteiger partial charge on any atom is -0.250 e. The van der Waals surface area contributed by atoms with E-state index >= 15 is 0 Å². The van der Waals surface area contributed by atoms with Crippen LogP contribution < -0.4 is 0 Å². The quantitative estimate of drug-likeness (QED) is 0.623. The summed E-state index contributed by atoms with van der Waals surface area (Å²) in [5.41, 5.74) is -0.526. The molecule has 5 heteroatoms. The summed E-state index contributed by atoms with van der Waals surface area (Å²) in [5.74, 6) is 0. The van der Waals surface area contributed by atoms with E-state index in [9.17, 15) is 13.2 Å². The first kappa shape index (κ1) is 9.52. The Morgan fingerprint density at radius 2 is 2.08 bits per heavy atom. The molecule has 0 radical (unpaired) electrons. The normalized spacial score (nSPS) is 11.0. The maximum Gasteiger partial charge on any atom is 0.433 e. The van der Waals surface area contributed by atoms with E-state index in [1.807, 2.05) is 0 Å². The zero-order chi connectivity index (χ0) is 10.1. The highest BCUT2D eigenvalue weighted by Crippen LogP contribution is 2.28. The van der Waals surface area contributed by atoms with Crippen molar-refractivity contribution in [2.45, 2.75) is 13.1 Å². The summed E-state index contributed by atoms with van der Waals surface area (Å²) in [7, 11) is 0. The van der Waals surface area contributed by atoms with E-state index in [0.717, 1.165) is 12.3 Å². The number of hydrogen-bond acceptors (Lipinski definition) is 2. The van der Waals surface area contributed by atoms with Gasteiger partial charge in [-0.3, -0.25) is 4.98 Å². The molecule has 0 spiro atoms. The fourth-order valence-corrected chi connectivity index (χ4v) is 0.828. The maximum absolute atomic E-state index is 12.1. The smallest absolute Gasteiger partial charge is 0.250 e. The molecule has 0 saturated heterocycles. The molecular weight excluding hydrogens is 181 g/mol. The highest BCUT2D eigenvalue weighted by atomic mass is 19.4. The van der Waals surface area contributed by atoms with Gasteiger partial charge < -0.3 is 0 Å². The molecule has 68 valence electrons. The van der Waals surface area contributed by atoms with Gasteiger partial charge in [-0.2, -0.15) is 18.4 Å². The van der Waals surface area contributed by atoms with E-state index in [1.165, 1.54) is 6.92 Å². The van der Waals surface area contributed by atoms with Crippen LogP contribution >= 0.6 is 0 Å². The first-order valence-electron chi connectivity index (χ1n) is 3.39. The van der Waals surface area contributed by atoms with Gasteiger partial charge in [0.2, 0.25) is 0 Å². The number of nitrogens with zero attached hydrogens (tertiary/aromatic N) is 2. The van der Waals surface area contributed by atoms with Crippen molar-refractivity contribution < 1.29 is 13.2 Å².